The minimum Gasteiger partial charge on any atom is -0.508 e. The van der Waals surface area contributed by atoms with Crippen molar-refractivity contribution in [2.24, 2.45) is 5.92 Å². The molecule has 45 heavy (non-hydrogen) atoms. The third-order valence-electron chi connectivity index (χ3n) is 11.7. The van der Waals surface area contributed by atoms with Gasteiger partial charge in [0.05, 0.1) is 11.1 Å². The van der Waals surface area contributed by atoms with Gasteiger partial charge in [0.15, 0.2) is 5.82 Å². The van der Waals surface area contributed by atoms with Gasteiger partial charge in [-0.15, -0.1) is 0 Å². The number of anilines is 1. The van der Waals surface area contributed by atoms with Crippen molar-refractivity contribution >= 4 is 27.5 Å². The molecule has 4 aromatic rings. The molecule has 6 fully saturated rings. The van der Waals surface area contributed by atoms with Crippen molar-refractivity contribution in [3.63, 3.8) is 0 Å². The Kier molecular flexibility index (Phi) is 5.23. The molecule has 1 saturated carbocycles. The summed E-state index contributed by atoms with van der Waals surface area (Å²) in [5, 5.41) is 16.5. The summed E-state index contributed by atoms with van der Waals surface area (Å²) in [5.74, 6) is 0.702. The third kappa shape index (κ3) is 3.45. The Morgan fingerprint density at radius 3 is 2.93 bits per heavy atom. The largest absolute Gasteiger partial charge is 0.508 e. The summed E-state index contributed by atoms with van der Waals surface area (Å²) in [6, 6.07) is 9.81. The highest BCUT2D eigenvalue weighted by atomic mass is 19.1. The number of aromatic hydroxyl groups is 1. The molecule has 11 heteroatoms. The molecule has 5 saturated heterocycles. The molecule has 7 aliphatic rings. The molecule has 1 spiro atoms. The van der Waals surface area contributed by atoms with Crippen LogP contribution in [0.2, 0.25) is 0 Å². The van der Waals surface area contributed by atoms with Gasteiger partial charge in [0.2, 0.25) is 5.88 Å². The van der Waals surface area contributed by atoms with Crippen molar-refractivity contribution in [2.75, 3.05) is 37.7 Å². The number of aryl methyl sites for hydroxylation is 1. The standard InChI is InChI=1S/C34H34F2N6O3/c1-2-17-5-3-6-18-9-21(43)11-22(24(17)18)27-26(36)28-25-30(40-32(39-28)45-15-33-7-4-8-41(33)13-19(35)12-33)42-14-20-10-23-29(37-20)34(23,42)16-44-31(25)38-27/h3,5-6,9,11,19-20,23,29,37,43H,2,4,7-8,10,12-16H2,1H3/t19-,20-,23?,29+,33+,34-/m1/s1. The van der Waals surface area contributed by atoms with E-state index in [9.17, 15) is 9.50 Å². The fourth-order valence-electron chi connectivity index (χ4n) is 9.63. The maximum Gasteiger partial charge on any atom is 0.319 e. The van der Waals surface area contributed by atoms with Crippen molar-refractivity contribution in [1.29, 1.82) is 0 Å². The van der Waals surface area contributed by atoms with Crippen LogP contribution in [-0.4, -0.2) is 87.1 Å². The number of piperazine rings is 1. The maximum atomic E-state index is 17.1. The topological polar surface area (TPSA) is 95.9 Å². The minimum atomic E-state index is -0.883. The molecule has 9 nitrogen and oxygen atoms in total. The second-order valence-electron chi connectivity index (χ2n) is 13.9. The fraction of sp³-hybridized carbons (Fsp3) is 0.500. The van der Waals surface area contributed by atoms with E-state index in [1.165, 1.54) is 0 Å². The number of rotatable bonds is 5. The molecule has 0 amide bonds. The first-order chi connectivity index (χ1) is 21.9. The first kappa shape index (κ1) is 26.4. The zero-order valence-corrected chi connectivity index (χ0v) is 25.0. The highest BCUT2D eigenvalue weighted by Gasteiger charge is 2.76. The first-order valence-corrected chi connectivity index (χ1v) is 16.2. The van der Waals surface area contributed by atoms with Crippen molar-refractivity contribution in [2.45, 2.75) is 68.4 Å². The average Bonchev–Trinajstić information content (AvgIpc) is 3.27. The SMILES string of the molecule is CCc1cccc2cc(O)cc(-c3nc4c5c(nc(OC[C@@]67CCCN6C[C@H](F)C7)nc5c3F)N3C[C@H]5CC6[C@H](N5)[C@@]63CO4)c12. The number of alkyl halides is 1. The number of phenolic OH excluding ortho intramolecular Hbond substituents is 1. The maximum absolute atomic E-state index is 17.1. The quantitative estimate of drug-likeness (QED) is 0.337. The number of aromatic nitrogens is 3. The van der Waals surface area contributed by atoms with Gasteiger partial charge in [0.25, 0.3) is 0 Å². The molecule has 11 rings (SSSR count). The van der Waals surface area contributed by atoms with E-state index in [1.54, 1.807) is 12.1 Å². The summed E-state index contributed by atoms with van der Waals surface area (Å²) in [6.45, 7) is 4.70. The highest BCUT2D eigenvalue weighted by molar-refractivity contribution is 6.03. The van der Waals surface area contributed by atoms with Crippen molar-refractivity contribution in [1.82, 2.24) is 25.2 Å². The van der Waals surface area contributed by atoms with Gasteiger partial charge in [-0.2, -0.15) is 9.97 Å². The molecule has 1 aliphatic carbocycles. The number of halogens is 2. The van der Waals surface area contributed by atoms with Crippen LogP contribution in [0, 0.1) is 11.7 Å². The first-order valence-electron chi connectivity index (χ1n) is 16.2. The number of piperidine rings is 2. The molecular formula is C34H34F2N6O3. The number of ether oxygens (including phenoxy) is 2. The molecule has 8 heterocycles. The van der Waals surface area contributed by atoms with E-state index in [0.29, 0.717) is 48.3 Å². The van der Waals surface area contributed by atoms with Crippen LogP contribution < -0.4 is 19.7 Å². The predicted molar refractivity (Wildman–Crippen MR) is 164 cm³/mol. The molecule has 6 atom stereocenters. The summed E-state index contributed by atoms with van der Waals surface area (Å²) < 4.78 is 44.5. The summed E-state index contributed by atoms with van der Waals surface area (Å²) in [6.07, 6.45) is 3.18. The van der Waals surface area contributed by atoms with E-state index >= 15 is 4.39 Å². The molecular weight excluding hydrogens is 578 g/mol. The van der Waals surface area contributed by atoms with Gasteiger partial charge in [-0.25, -0.2) is 13.8 Å². The Hall–Kier alpha value is -3.83. The smallest absolute Gasteiger partial charge is 0.319 e. The number of hydrogen-bond acceptors (Lipinski definition) is 9. The highest BCUT2D eigenvalue weighted by Crippen LogP contribution is 2.62. The number of nitrogens with one attached hydrogen (secondary N) is 1. The van der Waals surface area contributed by atoms with E-state index in [4.69, 9.17) is 24.4 Å². The van der Waals surface area contributed by atoms with Crippen LogP contribution in [0.25, 0.3) is 32.9 Å². The Bertz CT molecular complexity index is 1930. The number of nitrogens with zero attached hydrogens (tertiary/aromatic N) is 5. The zero-order chi connectivity index (χ0) is 30.2. The van der Waals surface area contributed by atoms with E-state index in [-0.39, 0.29) is 47.0 Å². The van der Waals surface area contributed by atoms with Gasteiger partial charge >= 0.3 is 6.01 Å². The summed E-state index contributed by atoms with van der Waals surface area (Å²) >= 11 is 0. The molecule has 1 unspecified atom stereocenters. The van der Waals surface area contributed by atoms with Crippen molar-refractivity contribution in [3.05, 3.63) is 41.7 Å². The Labute approximate surface area is 258 Å². The lowest BCUT2D eigenvalue weighted by Crippen LogP contribution is -2.60. The van der Waals surface area contributed by atoms with E-state index < -0.39 is 17.5 Å². The van der Waals surface area contributed by atoms with Crippen LogP contribution in [0.3, 0.4) is 0 Å². The number of phenols is 1. The van der Waals surface area contributed by atoms with Crippen molar-refractivity contribution in [3.8, 4) is 28.9 Å². The fourth-order valence-corrected chi connectivity index (χ4v) is 9.63. The van der Waals surface area contributed by atoms with Crippen LogP contribution in [0.15, 0.2) is 30.3 Å². The number of hydrogen-bond donors (Lipinski definition) is 2. The zero-order valence-electron chi connectivity index (χ0n) is 25.0. The monoisotopic (exact) mass is 612 g/mol. The van der Waals surface area contributed by atoms with Crippen LogP contribution in [0.1, 0.15) is 38.2 Å². The van der Waals surface area contributed by atoms with Gasteiger partial charge in [-0.3, -0.25) is 4.90 Å². The van der Waals surface area contributed by atoms with E-state index in [1.807, 2.05) is 18.2 Å². The number of pyridine rings is 1. The molecule has 2 aromatic carbocycles. The van der Waals surface area contributed by atoms with E-state index in [2.05, 4.69) is 22.0 Å². The normalized spacial score (nSPS) is 32.5. The lowest BCUT2D eigenvalue weighted by Gasteiger charge is -2.42. The van der Waals surface area contributed by atoms with Gasteiger partial charge in [0, 0.05) is 43.1 Å². The van der Waals surface area contributed by atoms with Crippen LogP contribution in [0.5, 0.6) is 17.6 Å². The predicted octanol–water partition coefficient (Wildman–Crippen LogP) is 4.52. The lowest BCUT2D eigenvalue weighted by molar-refractivity contribution is 0.107. The Morgan fingerprint density at radius 2 is 2.09 bits per heavy atom. The second-order valence-corrected chi connectivity index (χ2v) is 13.9. The van der Waals surface area contributed by atoms with Crippen LogP contribution in [-0.2, 0) is 6.42 Å². The third-order valence-corrected chi connectivity index (χ3v) is 11.7. The van der Waals surface area contributed by atoms with Gasteiger partial charge in [-0.05, 0) is 60.7 Å². The Balaban J connectivity index is 1.17. The lowest BCUT2D eigenvalue weighted by atomic mass is 9.94. The van der Waals surface area contributed by atoms with Gasteiger partial charge in [-0.1, -0.05) is 25.1 Å². The van der Waals surface area contributed by atoms with Crippen molar-refractivity contribution < 1.29 is 23.4 Å². The Morgan fingerprint density at radius 1 is 1.18 bits per heavy atom. The van der Waals surface area contributed by atoms with Crippen LogP contribution >= 0.6 is 0 Å². The second kappa shape index (κ2) is 8.91. The average molecular weight is 613 g/mol. The van der Waals surface area contributed by atoms with Gasteiger partial charge < -0.3 is 24.8 Å². The molecule has 2 aromatic heterocycles. The molecule has 2 N–H and O–H groups in total. The summed E-state index contributed by atoms with van der Waals surface area (Å²) in [7, 11) is 0. The molecule has 6 aliphatic heterocycles. The molecule has 0 radical (unpaired) electrons. The summed E-state index contributed by atoms with van der Waals surface area (Å²) in [5.41, 5.74) is 0.979. The van der Waals surface area contributed by atoms with Gasteiger partial charge in [0.1, 0.15) is 47.5 Å². The van der Waals surface area contributed by atoms with E-state index in [0.717, 1.165) is 55.1 Å². The number of benzene rings is 2. The molecule has 232 valence electrons. The summed E-state index contributed by atoms with van der Waals surface area (Å²) in [4.78, 5) is 19.0. The molecule has 4 bridgehead atoms. The number of fused-ring (bicyclic) bond motifs is 2. The van der Waals surface area contributed by atoms with Crippen LogP contribution in [0.4, 0.5) is 14.6 Å². The minimum absolute atomic E-state index is 0.0250.